The summed E-state index contributed by atoms with van der Waals surface area (Å²) in [6.45, 7) is 2.09. The summed E-state index contributed by atoms with van der Waals surface area (Å²) in [5, 5.41) is 9.57. The molecule has 2 aromatic carbocycles. The zero-order valence-electron chi connectivity index (χ0n) is 16.3. The number of benzene rings is 2. The van der Waals surface area contributed by atoms with E-state index in [1.165, 1.54) is 5.56 Å². The molecule has 1 aliphatic heterocycles. The number of ether oxygens (including phenoxy) is 1. The molecule has 6 heteroatoms. The number of amides is 1. The highest BCUT2D eigenvalue weighted by atomic mass is 16.5. The Morgan fingerprint density at radius 3 is 2.68 bits per heavy atom. The summed E-state index contributed by atoms with van der Waals surface area (Å²) in [5.41, 5.74) is 3.14. The Bertz CT molecular complexity index is 786. The Morgan fingerprint density at radius 1 is 1.11 bits per heavy atom. The molecule has 1 amide bonds. The van der Waals surface area contributed by atoms with Crippen LogP contribution in [0.5, 0.6) is 0 Å². The minimum Gasteiger partial charge on any atom is -0.368 e. The zero-order chi connectivity index (χ0) is 19.6. The molecule has 1 unspecified atom stereocenters. The van der Waals surface area contributed by atoms with Gasteiger partial charge in [-0.05, 0) is 42.5 Å². The number of carbonyl (C=O) groups excluding carboxylic acids is 1. The van der Waals surface area contributed by atoms with Crippen LogP contribution in [0.2, 0.25) is 0 Å². The van der Waals surface area contributed by atoms with Crippen molar-refractivity contribution in [2.75, 3.05) is 25.5 Å². The molecule has 0 spiro atoms. The minimum absolute atomic E-state index is 0.0685. The maximum Gasteiger partial charge on any atom is 0.253 e. The Morgan fingerprint density at radius 2 is 1.93 bits per heavy atom. The molecule has 2 aromatic rings. The van der Waals surface area contributed by atoms with Crippen molar-refractivity contribution < 1.29 is 9.53 Å². The number of rotatable bonds is 7. The lowest BCUT2D eigenvalue weighted by atomic mass is 10.1. The lowest BCUT2D eigenvalue weighted by Gasteiger charge is -2.14. The first-order valence-corrected chi connectivity index (χ1v) is 9.74. The van der Waals surface area contributed by atoms with Crippen molar-refractivity contribution in [1.29, 1.82) is 0 Å². The Labute approximate surface area is 166 Å². The Hall–Kier alpha value is -2.86. The van der Waals surface area contributed by atoms with Crippen LogP contribution in [0.15, 0.2) is 59.6 Å². The molecule has 6 nitrogen and oxygen atoms in total. The largest absolute Gasteiger partial charge is 0.368 e. The molecule has 0 aromatic heterocycles. The summed E-state index contributed by atoms with van der Waals surface area (Å²) in [4.78, 5) is 16.5. The fraction of sp³-hybridized carbons (Fsp3) is 0.364. The van der Waals surface area contributed by atoms with E-state index >= 15 is 0 Å². The molecule has 0 saturated carbocycles. The molecule has 1 fully saturated rings. The third kappa shape index (κ3) is 6.09. The second-order valence-corrected chi connectivity index (χ2v) is 6.78. The van der Waals surface area contributed by atoms with Crippen LogP contribution in [-0.2, 0) is 22.5 Å². The van der Waals surface area contributed by atoms with Gasteiger partial charge in [0.05, 0.1) is 0 Å². The summed E-state index contributed by atoms with van der Waals surface area (Å²) in [6, 6.07) is 18.2. The molecule has 1 heterocycles. The standard InChI is InChI=1S/C22H28N4O2/c1-23-22(24-13-12-17-7-3-2-4-8-17)25-16-18-9-5-10-19(15-18)26-21(27)20-11-6-14-28-20/h2-5,7-10,15,20H,6,11-14,16H2,1H3,(H,26,27)(H2,23,24,25). The van der Waals surface area contributed by atoms with Gasteiger partial charge in [0.15, 0.2) is 5.96 Å². The molecule has 148 valence electrons. The number of hydrogen-bond acceptors (Lipinski definition) is 3. The van der Waals surface area contributed by atoms with E-state index in [4.69, 9.17) is 4.74 Å². The van der Waals surface area contributed by atoms with Gasteiger partial charge in [0, 0.05) is 32.4 Å². The normalized spacial score (nSPS) is 16.6. The minimum atomic E-state index is -0.325. The van der Waals surface area contributed by atoms with Crippen molar-refractivity contribution in [3.63, 3.8) is 0 Å². The molecular formula is C22H28N4O2. The van der Waals surface area contributed by atoms with E-state index in [-0.39, 0.29) is 12.0 Å². The average molecular weight is 380 g/mol. The molecule has 0 aliphatic carbocycles. The molecular weight excluding hydrogens is 352 g/mol. The molecule has 1 saturated heterocycles. The van der Waals surface area contributed by atoms with Gasteiger partial charge in [-0.25, -0.2) is 0 Å². The van der Waals surface area contributed by atoms with Gasteiger partial charge < -0.3 is 20.7 Å². The number of guanidine groups is 1. The van der Waals surface area contributed by atoms with Gasteiger partial charge in [-0.2, -0.15) is 0 Å². The van der Waals surface area contributed by atoms with Gasteiger partial charge >= 0.3 is 0 Å². The number of hydrogen-bond donors (Lipinski definition) is 3. The van der Waals surface area contributed by atoms with E-state index in [1.807, 2.05) is 42.5 Å². The first-order valence-electron chi connectivity index (χ1n) is 9.74. The maximum atomic E-state index is 12.2. The highest BCUT2D eigenvalue weighted by molar-refractivity contribution is 5.94. The highest BCUT2D eigenvalue weighted by Crippen LogP contribution is 2.16. The number of nitrogens with zero attached hydrogens (tertiary/aromatic N) is 1. The SMILES string of the molecule is CN=C(NCCc1ccccc1)NCc1cccc(NC(=O)C2CCCO2)c1. The number of aliphatic imine (C=N–C) groups is 1. The molecule has 3 rings (SSSR count). The summed E-state index contributed by atoms with van der Waals surface area (Å²) >= 11 is 0. The van der Waals surface area contributed by atoms with Gasteiger partial charge in [-0.3, -0.25) is 9.79 Å². The lowest BCUT2D eigenvalue weighted by molar-refractivity contribution is -0.124. The van der Waals surface area contributed by atoms with E-state index in [9.17, 15) is 4.79 Å². The van der Waals surface area contributed by atoms with Crippen molar-refractivity contribution in [3.8, 4) is 0 Å². The fourth-order valence-electron chi connectivity index (χ4n) is 3.14. The number of carbonyl (C=O) groups is 1. The summed E-state index contributed by atoms with van der Waals surface area (Å²) < 4.78 is 5.43. The first-order chi connectivity index (χ1) is 13.7. The van der Waals surface area contributed by atoms with E-state index in [2.05, 4.69) is 33.1 Å². The second-order valence-electron chi connectivity index (χ2n) is 6.78. The average Bonchev–Trinajstić information content (AvgIpc) is 3.27. The zero-order valence-corrected chi connectivity index (χ0v) is 16.3. The van der Waals surface area contributed by atoms with Crippen molar-refractivity contribution >= 4 is 17.6 Å². The van der Waals surface area contributed by atoms with E-state index in [0.29, 0.717) is 13.2 Å². The summed E-state index contributed by atoms with van der Waals surface area (Å²) in [5.74, 6) is 0.686. The van der Waals surface area contributed by atoms with Gasteiger partial charge in [-0.1, -0.05) is 42.5 Å². The van der Waals surface area contributed by atoms with Gasteiger partial charge in [0.25, 0.3) is 5.91 Å². The summed E-state index contributed by atoms with van der Waals surface area (Å²) in [6.07, 6.45) is 2.34. The Kier molecular flexibility index (Phi) is 7.44. The lowest BCUT2D eigenvalue weighted by Crippen LogP contribution is -2.37. The van der Waals surface area contributed by atoms with Crippen LogP contribution in [0.1, 0.15) is 24.0 Å². The van der Waals surface area contributed by atoms with Crippen molar-refractivity contribution in [2.24, 2.45) is 4.99 Å². The molecule has 0 radical (unpaired) electrons. The first kappa shape index (κ1) is 19.9. The molecule has 1 atom stereocenters. The van der Waals surface area contributed by atoms with Crippen LogP contribution in [0.3, 0.4) is 0 Å². The molecule has 0 bridgehead atoms. The van der Waals surface area contributed by atoms with Crippen LogP contribution in [0, 0.1) is 0 Å². The van der Waals surface area contributed by atoms with Gasteiger partial charge in [-0.15, -0.1) is 0 Å². The molecule has 3 N–H and O–H groups in total. The Balaban J connectivity index is 1.45. The van der Waals surface area contributed by atoms with Crippen LogP contribution in [0.25, 0.3) is 0 Å². The monoisotopic (exact) mass is 380 g/mol. The van der Waals surface area contributed by atoms with E-state index in [1.54, 1.807) is 7.05 Å². The smallest absolute Gasteiger partial charge is 0.253 e. The maximum absolute atomic E-state index is 12.2. The second kappa shape index (κ2) is 10.5. The van der Waals surface area contributed by atoms with Crippen LogP contribution in [0.4, 0.5) is 5.69 Å². The fourth-order valence-corrected chi connectivity index (χ4v) is 3.14. The van der Waals surface area contributed by atoms with Crippen molar-refractivity contribution in [3.05, 3.63) is 65.7 Å². The topological polar surface area (TPSA) is 74.8 Å². The van der Waals surface area contributed by atoms with Gasteiger partial charge in [0.1, 0.15) is 6.10 Å². The summed E-state index contributed by atoms with van der Waals surface area (Å²) in [7, 11) is 1.76. The van der Waals surface area contributed by atoms with Crippen LogP contribution in [-0.4, -0.2) is 38.2 Å². The van der Waals surface area contributed by atoms with E-state index < -0.39 is 0 Å². The van der Waals surface area contributed by atoms with Crippen LogP contribution >= 0.6 is 0 Å². The molecule has 1 aliphatic rings. The predicted octanol–water partition coefficient (Wildman–Crippen LogP) is 2.71. The van der Waals surface area contributed by atoms with Crippen molar-refractivity contribution in [1.82, 2.24) is 10.6 Å². The van der Waals surface area contributed by atoms with Crippen molar-refractivity contribution in [2.45, 2.75) is 31.9 Å². The predicted molar refractivity (Wildman–Crippen MR) is 112 cm³/mol. The van der Waals surface area contributed by atoms with Crippen LogP contribution < -0.4 is 16.0 Å². The number of anilines is 1. The molecule has 28 heavy (non-hydrogen) atoms. The highest BCUT2D eigenvalue weighted by Gasteiger charge is 2.23. The number of nitrogens with one attached hydrogen (secondary N) is 3. The quantitative estimate of drug-likeness (QED) is 0.510. The third-order valence-corrected chi connectivity index (χ3v) is 4.65. The third-order valence-electron chi connectivity index (χ3n) is 4.65. The van der Waals surface area contributed by atoms with E-state index in [0.717, 1.165) is 43.0 Å². The van der Waals surface area contributed by atoms with Gasteiger partial charge in [0.2, 0.25) is 0 Å².